The van der Waals surface area contributed by atoms with Crippen molar-refractivity contribution in [2.24, 2.45) is 0 Å². The smallest absolute Gasteiger partial charge is 0.258 e. The maximum atomic E-state index is 12.0. The molecule has 2 aromatic heterocycles. The average molecular weight is 349 g/mol. The standard InChI is InChI=1S/C14H15N5O2S2/c1-21-7-6-15-13-18-19-14(23-13)22-8-11-16-10-5-3-2-4-9(10)12(20)17-11/h2-5H,6-8H2,1H3,(H,15,18)(H,16,17,20). The number of ether oxygens (including phenoxy) is 1. The summed E-state index contributed by atoms with van der Waals surface area (Å²) in [4.78, 5) is 19.3. The molecule has 3 rings (SSSR count). The summed E-state index contributed by atoms with van der Waals surface area (Å²) in [5.74, 6) is 1.16. The number of hydrogen-bond acceptors (Lipinski definition) is 8. The van der Waals surface area contributed by atoms with Crippen LogP contribution in [0.2, 0.25) is 0 Å². The van der Waals surface area contributed by atoms with Crippen molar-refractivity contribution in [1.29, 1.82) is 0 Å². The predicted octanol–water partition coefficient (Wildman–Crippen LogP) is 2.13. The Morgan fingerprint density at radius 3 is 3.09 bits per heavy atom. The van der Waals surface area contributed by atoms with Crippen LogP contribution >= 0.6 is 23.1 Å². The summed E-state index contributed by atoms with van der Waals surface area (Å²) in [5.41, 5.74) is 0.580. The highest BCUT2D eigenvalue weighted by Gasteiger charge is 2.07. The lowest BCUT2D eigenvalue weighted by Crippen LogP contribution is -2.11. The zero-order valence-corrected chi connectivity index (χ0v) is 14.0. The Bertz CT molecular complexity index is 848. The van der Waals surface area contributed by atoms with Crippen LogP contribution in [0.25, 0.3) is 10.9 Å². The lowest BCUT2D eigenvalue weighted by molar-refractivity contribution is 0.211. The molecule has 0 aliphatic carbocycles. The van der Waals surface area contributed by atoms with Crippen molar-refractivity contribution in [2.45, 2.75) is 10.1 Å². The third-order valence-corrected chi connectivity index (χ3v) is 5.01. The lowest BCUT2D eigenvalue weighted by Gasteiger charge is -2.01. The molecule has 0 spiro atoms. The van der Waals surface area contributed by atoms with Gasteiger partial charge in [-0.15, -0.1) is 10.2 Å². The van der Waals surface area contributed by atoms with Crippen molar-refractivity contribution in [3.05, 3.63) is 40.4 Å². The van der Waals surface area contributed by atoms with Crippen LogP contribution in [-0.2, 0) is 10.5 Å². The Morgan fingerprint density at radius 1 is 1.35 bits per heavy atom. The maximum absolute atomic E-state index is 12.0. The van der Waals surface area contributed by atoms with Crippen molar-refractivity contribution >= 4 is 39.1 Å². The Morgan fingerprint density at radius 2 is 2.22 bits per heavy atom. The molecule has 3 aromatic rings. The summed E-state index contributed by atoms with van der Waals surface area (Å²) in [6.07, 6.45) is 0. The molecule has 2 heterocycles. The van der Waals surface area contributed by atoms with Gasteiger partial charge in [-0.3, -0.25) is 4.79 Å². The molecule has 0 fully saturated rings. The molecule has 1 aromatic carbocycles. The minimum Gasteiger partial charge on any atom is -0.383 e. The van der Waals surface area contributed by atoms with E-state index in [-0.39, 0.29) is 5.56 Å². The molecule has 0 aliphatic rings. The highest BCUT2D eigenvalue weighted by Crippen LogP contribution is 2.27. The second kappa shape index (κ2) is 7.53. The maximum Gasteiger partial charge on any atom is 0.258 e. The molecule has 0 radical (unpaired) electrons. The van der Waals surface area contributed by atoms with Gasteiger partial charge >= 0.3 is 0 Å². The van der Waals surface area contributed by atoms with E-state index in [1.807, 2.05) is 18.2 Å². The lowest BCUT2D eigenvalue weighted by atomic mass is 10.2. The molecular weight excluding hydrogens is 334 g/mol. The molecule has 0 bridgehead atoms. The number of para-hydroxylation sites is 1. The van der Waals surface area contributed by atoms with E-state index < -0.39 is 0 Å². The monoisotopic (exact) mass is 349 g/mol. The van der Waals surface area contributed by atoms with E-state index in [2.05, 4.69) is 25.5 Å². The first-order valence-corrected chi connectivity index (χ1v) is 8.73. The summed E-state index contributed by atoms with van der Waals surface area (Å²) < 4.78 is 5.79. The summed E-state index contributed by atoms with van der Waals surface area (Å²) in [6, 6.07) is 7.30. The van der Waals surface area contributed by atoms with Gasteiger partial charge in [-0.25, -0.2) is 4.98 Å². The molecule has 2 N–H and O–H groups in total. The van der Waals surface area contributed by atoms with Crippen molar-refractivity contribution in [3.63, 3.8) is 0 Å². The summed E-state index contributed by atoms with van der Waals surface area (Å²) in [5, 5.41) is 12.6. The fraction of sp³-hybridized carbons (Fsp3) is 0.286. The van der Waals surface area contributed by atoms with E-state index in [9.17, 15) is 4.79 Å². The number of nitrogens with zero attached hydrogens (tertiary/aromatic N) is 3. The average Bonchev–Trinajstić information content (AvgIpc) is 3.01. The zero-order chi connectivity index (χ0) is 16.1. The van der Waals surface area contributed by atoms with Gasteiger partial charge < -0.3 is 15.0 Å². The molecule has 120 valence electrons. The van der Waals surface area contributed by atoms with Gasteiger partial charge in [-0.05, 0) is 12.1 Å². The molecule has 0 amide bonds. The molecule has 0 aliphatic heterocycles. The predicted molar refractivity (Wildman–Crippen MR) is 92.2 cm³/mol. The van der Waals surface area contributed by atoms with E-state index >= 15 is 0 Å². The molecule has 23 heavy (non-hydrogen) atoms. The first-order valence-electron chi connectivity index (χ1n) is 6.93. The van der Waals surface area contributed by atoms with E-state index in [1.165, 1.54) is 23.1 Å². The Hall–Kier alpha value is -1.97. The fourth-order valence-corrected chi connectivity index (χ4v) is 3.58. The SMILES string of the molecule is COCCNc1nnc(SCc2nc3ccccc3c(=O)[nH]2)s1. The van der Waals surface area contributed by atoms with Crippen LogP contribution in [0.3, 0.4) is 0 Å². The highest BCUT2D eigenvalue weighted by molar-refractivity contribution is 8.00. The minimum absolute atomic E-state index is 0.120. The van der Waals surface area contributed by atoms with Crippen LogP contribution in [0.4, 0.5) is 5.13 Å². The summed E-state index contributed by atoms with van der Waals surface area (Å²) >= 11 is 2.96. The van der Waals surface area contributed by atoms with Gasteiger partial charge in [-0.2, -0.15) is 0 Å². The van der Waals surface area contributed by atoms with Crippen LogP contribution in [0.1, 0.15) is 5.82 Å². The highest BCUT2D eigenvalue weighted by atomic mass is 32.2. The third kappa shape index (κ3) is 4.06. The number of methoxy groups -OCH3 is 1. The van der Waals surface area contributed by atoms with Crippen molar-refractivity contribution in [1.82, 2.24) is 20.2 Å². The number of aromatic nitrogens is 4. The van der Waals surface area contributed by atoms with Crippen LogP contribution < -0.4 is 10.9 Å². The van der Waals surface area contributed by atoms with Crippen molar-refractivity contribution < 1.29 is 4.74 Å². The number of benzene rings is 1. The first kappa shape index (κ1) is 15.9. The van der Waals surface area contributed by atoms with Crippen LogP contribution in [-0.4, -0.2) is 40.4 Å². The number of anilines is 1. The van der Waals surface area contributed by atoms with E-state index in [0.29, 0.717) is 35.6 Å². The van der Waals surface area contributed by atoms with Crippen LogP contribution in [0.15, 0.2) is 33.4 Å². The minimum atomic E-state index is -0.120. The van der Waals surface area contributed by atoms with Gasteiger partial charge in [0.25, 0.3) is 5.56 Å². The van der Waals surface area contributed by atoms with Gasteiger partial charge in [0.2, 0.25) is 5.13 Å². The molecule has 0 saturated heterocycles. The Balaban J connectivity index is 1.65. The molecule has 0 atom stereocenters. The quantitative estimate of drug-likeness (QED) is 0.498. The number of aromatic amines is 1. The van der Waals surface area contributed by atoms with Crippen LogP contribution in [0, 0.1) is 0 Å². The molecule has 7 nitrogen and oxygen atoms in total. The number of fused-ring (bicyclic) bond motifs is 1. The normalized spacial score (nSPS) is 11.0. The molecular formula is C14H15N5O2S2. The van der Waals surface area contributed by atoms with Crippen LogP contribution in [0.5, 0.6) is 0 Å². The van der Waals surface area contributed by atoms with Gasteiger partial charge in [-0.1, -0.05) is 35.2 Å². The molecule has 0 unspecified atom stereocenters. The summed E-state index contributed by atoms with van der Waals surface area (Å²) in [6.45, 7) is 1.31. The number of nitrogens with one attached hydrogen (secondary N) is 2. The second-order valence-corrected chi connectivity index (χ2v) is 6.81. The number of hydrogen-bond donors (Lipinski definition) is 2. The van der Waals surface area contributed by atoms with Gasteiger partial charge in [0, 0.05) is 13.7 Å². The number of thioether (sulfide) groups is 1. The molecule has 9 heteroatoms. The largest absolute Gasteiger partial charge is 0.383 e. The van der Waals surface area contributed by atoms with E-state index in [1.54, 1.807) is 13.2 Å². The number of rotatable bonds is 7. The van der Waals surface area contributed by atoms with E-state index in [4.69, 9.17) is 4.74 Å². The third-order valence-electron chi connectivity index (χ3n) is 2.98. The van der Waals surface area contributed by atoms with Crippen molar-refractivity contribution in [2.75, 3.05) is 25.6 Å². The Kier molecular flexibility index (Phi) is 5.21. The molecule has 0 saturated carbocycles. The second-order valence-electron chi connectivity index (χ2n) is 4.61. The van der Waals surface area contributed by atoms with E-state index in [0.717, 1.165) is 9.47 Å². The Labute approximate surface area is 140 Å². The van der Waals surface area contributed by atoms with Gasteiger partial charge in [0.05, 0.1) is 23.3 Å². The fourth-order valence-electron chi connectivity index (χ4n) is 1.93. The topological polar surface area (TPSA) is 92.8 Å². The van der Waals surface area contributed by atoms with Gasteiger partial charge in [0.15, 0.2) is 4.34 Å². The summed E-state index contributed by atoms with van der Waals surface area (Å²) in [7, 11) is 1.65. The number of H-pyrrole nitrogens is 1. The zero-order valence-electron chi connectivity index (χ0n) is 12.4. The van der Waals surface area contributed by atoms with Gasteiger partial charge in [0.1, 0.15) is 5.82 Å². The van der Waals surface area contributed by atoms with Crippen molar-refractivity contribution in [3.8, 4) is 0 Å². The first-order chi connectivity index (χ1) is 11.3.